The standard InChI is InChI=1S/C17H34O3/c1-16(2,3)12-9-7-8-11-15(18)20-19-14-10-13-17(4,5)6/h7-14H2,1-6H3. The summed E-state index contributed by atoms with van der Waals surface area (Å²) in [5.41, 5.74) is 0.692. The second kappa shape index (κ2) is 9.38. The summed E-state index contributed by atoms with van der Waals surface area (Å²) in [5.74, 6) is -0.239. The smallest absolute Gasteiger partial charge is 0.298 e. The molecule has 0 radical (unpaired) electrons. The fourth-order valence-electron chi connectivity index (χ4n) is 1.91. The van der Waals surface area contributed by atoms with Gasteiger partial charge >= 0.3 is 5.97 Å². The molecule has 0 fully saturated rings. The van der Waals surface area contributed by atoms with Gasteiger partial charge in [0.2, 0.25) is 0 Å². The molecule has 0 amide bonds. The fraction of sp³-hybridized carbons (Fsp3) is 0.941. The average molecular weight is 286 g/mol. The molecule has 0 heterocycles. The zero-order chi connectivity index (χ0) is 15.6. The molecule has 0 aromatic carbocycles. The van der Waals surface area contributed by atoms with Crippen LogP contribution in [0.4, 0.5) is 0 Å². The first kappa shape index (κ1) is 19.4. The minimum atomic E-state index is -0.239. The lowest BCUT2D eigenvalue weighted by Gasteiger charge is -2.17. The summed E-state index contributed by atoms with van der Waals surface area (Å²) in [6, 6.07) is 0. The topological polar surface area (TPSA) is 35.5 Å². The van der Waals surface area contributed by atoms with E-state index >= 15 is 0 Å². The van der Waals surface area contributed by atoms with Crippen LogP contribution < -0.4 is 0 Å². The van der Waals surface area contributed by atoms with E-state index < -0.39 is 0 Å². The molecule has 0 aliphatic heterocycles. The number of carbonyl (C=O) groups excluding carboxylic acids is 1. The summed E-state index contributed by atoms with van der Waals surface area (Å²) >= 11 is 0. The van der Waals surface area contributed by atoms with Crippen LogP contribution in [-0.4, -0.2) is 12.6 Å². The molecule has 0 aliphatic rings. The Bertz CT molecular complexity index is 232. The van der Waals surface area contributed by atoms with Crippen LogP contribution in [0, 0.1) is 10.8 Å². The number of rotatable bonds is 9. The maximum Gasteiger partial charge on any atom is 0.342 e. The van der Waals surface area contributed by atoms with E-state index in [9.17, 15) is 4.79 Å². The second-order valence-electron chi connectivity index (χ2n) is 8.06. The van der Waals surface area contributed by atoms with Crippen LogP contribution >= 0.6 is 0 Å². The molecule has 0 spiro atoms. The molecule has 0 N–H and O–H groups in total. The van der Waals surface area contributed by atoms with Gasteiger partial charge in [-0.05, 0) is 36.5 Å². The molecular weight excluding hydrogens is 252 g/mol. The Morgan fingerprint density at radius 2 is 1.35 bits per heavy atom. The molecule has 0 saturated heterocycles. The number of hydrogen-bond acceptors (Lipinski definition) is 3. The van der Waals surface area contributed by atoms with Crippen LogP contribution in [0.25, 0.3) is 0 Å². The van der Waals surface area contributed by atoms with Gasteiger partial charge in [0.15, 0.2) is 0 Å². The van der Waals surface area contributed by atoms with Crippen molar-refractivity contribution < 1.29 is 14.6 Å². The molecule has 0 aromatic rings. The normalized spacial score (nSPS) is 12.5. The van der Waals surface area contributed by atoms with Crippen LogP contribution in [0.2, 0.25) is 0 Å². The zero-order valence-electron chi connectivity index (χ0n) is 14.4. The molecule has 0 rings (SSSR count). The van der Waals surface area contributed by atoms with Crippen molar-refractivity contribution in [1.29, 1.82) is 0 Å². The van der Waals surface area contributed by atoms with Crippen LogP contribution in [0.3, 0.4) is 0 Å². The fourth-order valence-corrected chi connectivity index (χ4v) is 1.91. The van der Waals surface area contributed by atoms with Crippen molar-refractivity contribution in [2.24, 2.45) is 10.8 Å². The van der Waals surface area contributed by atoms with Gasteiger partial charge < -0.3 is 0 Å². The van der Waals surface area contributed by atoms with E-state index in [1.54, 1.807) is 0 Å². The van der Waals surface area contributed by atoms with Gasteiger partial charge in [0.25, 0.3) is 0 Å². The van der Waals surface area contributed by atoms with E-state index in [1.807, 2.05) is 0 Å². The zero-order valence-corrected chi connectivity index (χ0v) is 14.4. The van der Waals surface area contributed by atoms with Crippen molar-refractivity contribution in [2.45, 2.75) is 86.5 Å². The summed E-state index contributed by atoms with van der Waals surface area (Å²) in [4.78, 5) is 21.1. The molecule has 0 atom stereocenters. The summed E-state index contributed by atoms with van der Waals surface area (Å²) in [6.07, 6.45) is 6.79. The highest BCUT2D eigenvalue weighted by atomic mass is 17.2. The van der Waals surface area contributed by atoms with Crippen molar-refractivity contribution in [3.05, 3.63) is 0 Å². The molecular formula is C17H34O3. The summed E-state index contributed by atoms with van der Waals surface area (Å²) in [7, 11) is 0. The van der Waals surface area contributed by atoms with Crippen molar-refractivity contribution >= 4 is 5.97 Å². The van der Waals surface area contributed by atoms with E-state index in [-0.39, 0.29) is 5.97 Å². The molecule has 0 bridgehead atoms. The van der Waals surface area contributed by atoms with Crippen molar-refractivity contribution in [3.8, 4) is 0 Å². The lowest BCUT2D eigenvalue weighted by atomic mass is 9.89. The largest absolute Gasteiger partial charge is 0.342 e. The maximum absolute atomic E-state index is 11.4. The number of carbonyl (C=O) groups is 1. The summed E-state index contributed by atoms with van der Waals surface area (Å²) in [6.45, 7) is 13.8. The van der Waals surface area contributed by atoms with Gasteiger partial charge in [0, 0.05) is 6.42 Å². The Morgan fingerprint density at radius 1 is 0.800 bits per heavy atom. The van der Waals surface area contributed by atoms with Gasteiger partial charge in [-0.25, -0.2) is 4.79 Å². The lowest BCUT2D eigenvalue weighted by molar-refractivity contribution is -0.273. The Balaban J connectivity index is 3.38. The van der Waals surface area contributed by atoms with Gasteiger partial charge in [-0.2, -0.15) is 4.89 Å². The first-order chi connectivity index (χ1) is 9.10. The molecule has 3 nitrogen and oxygen atoms in total. The lowest BCUT2D eigenvalue weighted by Crippen LogP contribution is -2.09. The average Bonchev–Trinajstić information content (AvgIpc) is 2.25. The minimum absolute atomic E-state index is 0.239. The molecule has 0 aliphatic carbocycles. The Labute approximate surface area is 125 Å². The van der Waals surface area contributed by atoms with Crippen LogP contribution in [0.5, 0.6) is 0 Å². The first-order valence-corrected chi connectivity index (χ1v) is 7.92. The van der Waals surface area contributed by atoms with Crippen LogP contribution in [-0.2, 0) is 14.6 Å². The number of hydrogen-bond donors (Lipinski definition) is 0. The van der Waals surface area contributed by atoms with Crippen molar-refractivity contribution in [1.82, 2.24) is 0 Å². The predicted octanol–water partition coefficient (Wildman–Crippen LogP) is 5.28. The van der Waals surface area contributed by atoms with Crippen molar-refractivity contribution in [2.75, 3.05) is 6.61 Å². The third-order valence-corrected chi connectivity index (χ3v) is 3.11. The molecule has 20 heavy (non-hydrogen) atoms. The Hall–Kier alpha value is -0.570. The maximum atomic E-state index is 11.4. The quantitative estimate of drug-likeness (QED) is 0.328. The van der Waals surface area contributed by atoms with Gasteiger partial charge in [-0.1, -0.05) is 54.4 Å². The third kappa shape index (κ3) is 15.5. The van der Waals surface area contributed by atoms with E-state index in [0.717, 1.165) is 25.7 Å². The van der Waals surface area contributed by atoms with Crippen molar-refractivity contribution in [3.63, 3.8) is 0 Å². The molecule has 3 heteroatoms. The number of unbranched alkanes of at least 4 members (excludes halogenated alkanes) is 2. The first-order valence-electron chi connectivity index (χ1n) is 7.92. The van der Waals surface area contributed by atoms with Crippen LogP contribution in [0.15, 0.2) is 0 Å². The highest BCUT2D eigenvalue weighted by molar-refractivity contribution is 5.68. The van der Waals surface area contributed by atoms with E-state index in [2.05, 4.69) is 41.5 Å². The third-order valence-electron chi connectivity index (χ3n) is 3.11. The molecule has 120 valence electrons. The predicted molar refractivity (Wildman–Crippen MR) is 83.3 cm³/mol. The van der Waals surface area contributed by atoms with E-state index in [1.165, 1.54) is 12.8 Å². The van der Waals surface area contributed by atoms with Gasteiger partial charge in [0.05, 0.1) is 6.61 Å². The second-order valence-corrected chi connectivity index (χ2v) is 8.06. The van der Waals surface area contributed by atoms with Gasteiger partial charge in [0.1, 0.15) is 0 Å². The summed E-state index contributed by atoms with van der Waals surface area (Å²) in [5, 5.41) is 0. The Kier molecular flexibility index (Phi) is 9.11. The molecule has 0 saturated carbocycles. The summed E-state index contributed by atoms with van der Waals surface area (Å²) < 4.78 is 0. The molecule has 0 aromatic heterocycles. The monoisotopic (exact) mass is 286 g/mol. The minimum Gasteiger partial charge on any atom is -0.298 e. The van der Waals surface area contributed by atoms with E-state index in [0.29, 0.717) is 23.9 Å². The Morgan fingerprint density at radius 3 is 1.90 bits per heavy atom. The highest BCUT2D eigenvalue weighted by Crippen LogP contribution is 2.22. The van der Waals surface area contributed by atoms with Gasteiger partial charge in [-0.3, -0.25) is 4.89 Å². The SMILES string of the molecule is CC(C)(C)CCCCCC(=O)OOCCCC(C)(C)C. The molecule has 0 unspecified atom stereocenters. The highest BCUT2D eigenvalue weighted by Gasteiger charge is 2.11. The van der Waals surface area contributed by atoms with Gasteiger partial charge in [-0.15, -0.1) is 0 Å². The van der Waals surface area contributed by atoms with Crippen LogP contribution in [0.1, 0.15) is 86.5 Å². The van der Waals surface area contributed by atoms with E-state index in [4.69, 9.17) is 9.78 Å².